The molecule has 2 aromatic carbocycles. The highest BCUT2D eigenvalue weighted by atomic mass is 15.0. The molecule has 140 valence electrons. The summed E-state index contributed by atoms with van der Waals surface area (Å²) in [5.41, 5.74) is 4.80. The molecule has 2 nitrogen and oxygen atoms in total. The molecule has 1 atom stereocenters. The molecule has 0 spiro atoms. The minimum atomic E-state index is 0.288. The van der Waals surface area contributed by atoms with Crippen LogP contribution in [0.15, 0.2) is 60.2 Å². The van der Waals surface area contributed by atoms with Gasteiger partial charge in [-0.1, -0.05) is 73.9 Å². The van der Waals surface area contributed by atoms with E-state index in [1.165, 1.54) is 59.6 Å². The Morgan fingerprint density at radius 2 is 1.81 bits per heavy atom. The summed E-state index contributed by atoms with van der Waals surface area (Å²) in [4.78, 5) is 2.24. The zero-order chi connectivity index (χ0) is 18.8. The van der Waals surface area contributed by atoms with Crippen molar-refractivity contribution in [3.8, 4) is 0 Å². The average molecular weight is 359 g/mol. The first kappa shape index (κ1) is 18.2. The molecule has 2 aromatic rings. The highest BCUT2D eigenvalue weighted by molar-refractivity contribution is 6.12. The van der Waals surface area contributed by atoms with Crippen LogP contribution >= 0.6 is 0 Å². The molecule has 0 heterocycles. The van der Waals surface area contributed by atoms with E-state index in [9.17, 15) is 0 Å². The summed E-state index contributed by atoms with van der Waals surface area (Å²) in [5, 5.41) is 11.7. The molecule has 0 aliphatic heterocycles. The molecule has 0 bridgehead atoms. The summed E-state index contributed by atoms with van der Waals surface area (Å²) in [6, 6.07) is 13.1. The number of benzene rings is 2. The minimum absolute atomic E-state index is 0.288. The van der Waals surface area contributed by atoms with E-state index in [-0.39, 0.29) is 5.92 Å². The third kappa shape index (κ3) is 3.64. The van der Waals surface area contributed by atoms with Gasteiger partial charge in [0.05, 0.1) is 0 Å². The van der Waals surface area contributed by atoms with Gasteiger partial charge in [0.2, 0.25) is 0 Å². The molecule has 0 radical (unpaired) electrons. The van der Waals surface area contributed by atoms with Gasteiger partial charge in [-0.15, -0.1) is 0 Å². The van der Waals surface area contributed by atoms with Crippen molar-refractivity contribution in [3.05, 3.63) is 71.3 Å². The monoisotopic (exact) mass is 358 g/mol. The number of nitrogens with zero attached hydrogens (tertiary/aromatic N) is 1. The van der Waals surface area contributed by atoms with Crippen molar-refractivity contribution < 1.29 is 0 Å². The second-order valence-corrected chi connectivity index (χ2v) is 8.34. The van der Waals surface area contributed by atoms with Gasteiger partial charge < -0.3 is 10.3 Å². The fourth-order valence-corrected chi connectivity index (χ4v) is 4.78. The van der Waals surface area contributed by atoms with Gasteiger partial charge >= 0.3 is 0 Å². The van der Waals surface area contributed by atoms with Crippen LogP contribution in [-0.4, -0.2) is 31.3 Å². The number of likely N-dealkylation sites (N-methyl/N-ethyl adjacent to an activating group) is 1. The largest absolute Gasteiger partial charge is 0.305 e. The van der Waals surface area contributed by atoms with E-state index in [0.717, 1.165) is 12.3 Å². The summed E-state index contributed by atoms with van der Waals surface area (Å²) in [5.74, 6) is 0.700. The number of rotatable bonds is 5. The number of hydrogen-bond donors (Lipinski definition) is 1. The third-order valence-corrected chi connectivity index (χ3v) is 6.09. The summed E-state index contributed by atoms with van der Waals surface area (Å²) in [6.45, 7) is 0.959. The Kier molecular flexibility index (Phi) is 5.27. The van der Waals surface area contributed by atoms with E-state index >= 15 is 0 Å². The molecule has 1 fully saturated rings. The van der Waals surface area contributed by atoms with Crippen molar-refractivity contribution in [1.82, 2.24) is 4.90 Å². The predicted molar refractivity (Wildman–Crippen MR) is 116 cm³/mol. The molecule has 2 aliphatic carbocycles. The molecule has 1 N–H and O–H groups in total. The zero-order valence-corrected chi connectivity index (χ0v) is 16.5. The van der Waals surface area contributed by atoms with Crippen LogP contribution < -0.4 is 0 Å². The summed E-state index contributed by atoms with van der Waals surface area (Å²) in [7, 11) is 4.25. The minimum Gasteiger partial charge on any atom is -0.305 e. The normalized spacial score (nSPS) is 20.4. The van der Waals surface area contributed by atoms with Gasteiger partial charge in [0, 0.05) is 29.7 Å². The lowest BCUT2D eigenvalue weighted by atomic mass is 9.78. The van der Waals surface area contributed by atoms with Gasteiger partial charge in [-0.05, 0) is 48.8 Å². The Balaban J connectivity index is 1.82. The molecular formula is C25H30N2. The molecule has 1 unspecified atom stereocenters. The van der Waals surface area contributed by atoms with Gasteiger partial charge in [-0.3, -0.25) is 0 Å². The lowest BCUT2D eigenvalue weighted by Gasteiger charge is -2.27. The fraction of sp³-hybridized carbons (Fsp3) is 0.400. The van der Waals surface area contributed by atoms with Gasteiger partial charge in [-0.2, -0.15) is 0 Å². The fourth-order valence-electron chi connectivity index (χ4n) is 4.78. The van der Waals surface area contributed by atoms with E-state index < -0.39 is 0 Å². The predicted octanol–water partition coefficient (Wildman–Crippen LogP) is 5.93. The van der Waals surface area contributed by atoms with Crippen LogP contribution in [0.1, 0.15) is 49.1 Å². The maximum absolute atomic E-state index is 9.16. The molecule has 0 amide bonds. The first-order chi connectivity index (χ1) is 13.1. The summed E-state index contributed by atoms with van der Waals surface area (Å²) in [6.07, 6.45) is 12.9. The van der Waals surface area contributed by atoms with E-state index in [0.29, 0.717) is 5.92 Å². The lowest BCUT2D eigenvalue weighted by Crippen LogP contribution is -2.22. The maximum Gasteiger partial charge on any atom is 0.0426 e. The third-order valence-electron chi connectivity index (χ3n) is 6.09. The van der Waals surface area contributed by atoms with Crippen molar-refractivity contribution in [3.63, 3.8) is 0 Å². The molecule has 0 saturated heterocycles. The Morgan fingerprint density at radius 1 is 1.04 bits per heavy atom. The van der Waals surface area contributed by atoms with E-state index in [4.69, 9.17) is 5.41 Å². The molecule has 27 heavy (non-hydrogen) atoms. The van der Waals surface area contributed by atoms with Gasteiger partial charge in [0.25, 0.3) is 0 Å². The highest BCUT2D eigenvalue weighted by Gasteiger charge is 2.27. The standard InChI is InChI=1S/C25H30N2/c1-27(2)17-20-12-8-14-21(20)23-16-15-18-9-6-7-13-22(18)24(23)25(26)19-10-4-3-5-11-19/h6-9,12-16,19,21,26H,3-5,10-11,17H2,1-2H3. The topological polar surface area (TPSA) is 27.1 Å². The van der Waals surface area contributed by atoms with Crippen LogP contribution in [0.5, 0.6) is 0 Å². The van der Waals surface area contributed by atoms with Crippen molar-refractivity contribution in [2.45, 2.75) is 38.0 Å². The Hall–Kier alpha value is -2.19. The first-order valence-electron chi connectivity index (χ1n) is 10.3. The summed E-state index contributed by atoms with van der Waals surface area (Å²) >= 11 is 0. The van der Waals surface area contributed by atoms with Crippen molar-refractivity contribution >= 4 is 16.5 Å². The smallest absolute Gasteiger partial charge is 0.0426 e. The Bertz CT molecular complexity index is 898. The molecule has 2 aliphatic rings. The molecule has 4 rings (SSSR count). The Labute approximate surface area is 163 Å². The van der Waals surface area contributed by atoms with Crippen molar-refractivity contribution in [1.29, 1.82) is 5.41 Å². The second kappa shape index (κ2) is 7.82. The van der Waals surface area contributed by atoms with Crippen LogP contribution in [0.25, 0.3) is 10.8 Å². The molecule has 1 saturated carbocycles. The Morgan fingerprint density at radius 3 is 2.59 bits per heavy atom. The molecular weight excluding hydrogens is 328 g/mol. The summed E-state index contributed by atoms with van der Waals surface area (Å²) < 4.78 is 0. The van der Waals surface area contributed by atoms with E-state index in [1.807, 2.05) is 0 Å². The van der Waals surface area contributed by atoms with Crippen LogP contribution in [0.4, 0.5) is 0 Å². The number of allylic oxidation sites excluding steroid dienone is 3. The first-order valence-corrected chi connectivity index (χ1v) is 10.3. The maximum atomic E-state index is 9.16. The lowest BCUT2D eigenvalue weighted by molar-refractivity contribution is 0.437. The van der Waals surface area contributed by atoms with Crippen molar-refractivity contribution in [2.24, 2.45) is 5.92 Å². The highest BCUT2D eigenvalue weighted by Crippen LogP contribution is 2.38. The van der Waals surface area contributed by atoms with Gasteiger partial charge in [0.1, 0.15) is 0 Å². The van der Waals surface area contributed by atoms with Gasteiger partial charge in [0.15, 0.2) is 0 Å². The van der Waals surface area contributed by atoms with E-state index in [1.54, 1.807) is 0 Å². The molecule has 2 heteroatoms. The SMILES string of the molecule is CN(C)CC1=CC=CC1c1ccc2ccccc2c1C(=N)C1CCCCC1. The average Bonchev–Trinajstić information content (AvgIpc) is 3.14. The van der Waals surface area contributed by atoms with Crippen LogP contribution in [-0.2, 0) is 0 Å². The molecule has 0 aromatic heterocycles. The van der Waals surface area contributed by atoms with Crippen LogP contribution in [0.2, 0.25) is 0 Å². The number of fused-ring (bicyclic) bond motifs is 1. The van der Waals surface area contributed by atoms with Crippen LogP contribution in [0.3, 0.4) is 0 Å². The van der Waals surface area contributed by atoms with Gasteiger partial charge in [-0.25, -0.2) is 0 Å². The van der Waals surface area contributed by atoms with E-state index in [2.05, 4.69) is 73.6 Å². The van der Waals surface area contributed by atoms with Crippen molar-refractivity contribution in [2.75, 3.05) is 20.6 Å². The zero-order valence-electron chi connectivity index (χ0n) is 16.5. The number of nitrogens with one attached hydrogen (secondary N) is 1. The second-order valence-electron chi connectivity index (χ2n) is 8.34. The number of hydrogen-bond acceptors (Lipinski definition) is 2. The van der Waals surface area contributed by atoms with Crippen LogP contribution in [0, 0.1) is 11.3 Å². The quantitative estimate of drug-likeness (QED) is 0.659.